The molecule has 0 amide bonds. The zero-order valence-corrected chi connectivity index (χ0v) is 13.8. The number of carbonyl (C=O) groups excluding carboxylic acids is 1. The van der Waals surface area contributed by atoms with Gasteiger partial charge in [-0.25, -0.2) is 4.79 Å². The molecule has 0 aliphatic rings. The maximum atomic E-state index is 12.2. The van der Waals surface area contributed by atoms with Crippen LogP contribution in [0, 0.1) is 0 Å². The molecule has 122 valence electrons. The topological polar surface area (TPSA) is 44.1 Å². The van der Waals surface area contributed by atoms with Gasteiger partial charge in [-0.15, -0.1) is 0 Å². The SMILES string of the molecule is CCOC(=O)C(C)n1ncc(-c2ccccc2)c1-c1ccccc1. The molecule has 0 radical (unpaired) electrons. The van der Waals surface area contributed by atoms with Gasteiger partial charge < -0.3 is 4.74 Å². The molecule has 1 aromatic heterocycles. The summed E-state index contributed by atoms with van der Waals surface area (Å²) in [6.07, 6.45) is 1.81. The Bertz CT molecular complexity index is 810. The molecule has 0 saturated heterocycles. The summed E-state index contributed by atoms with van der Waals surface area (Å²) in [5.74, 6) is -0.280. The molecule has 0 spiro atoms. The molecule has 1 atom stereocenters. The first-order chi connectivity index (χ1) is 11.7. The molecular weight excluding hydrogens is 300 g/mol. The van der Waals surface area contributed by atoms with E-state index in [2.05, 4.69) is 5.10 Å². The van der Waals surface area contributed by atoms with Crippen LogP contribution in [-0.4, -0.2) is 22.4 Å². The summed E-state index contributed by atoms with van der Waals surface area (Å²) in [7, 11) is 0. The minimum Gasteiger partial charge on any atom is -0.464 e. The highest BCUT2D eigenvalue weighted by Crippen LogP contribution is 2.33. The second-order valence-electron chi connectivity index (χ2n) is 5.51. The first kappa shape index (κ1) is 16.0. The van der Waals surface area contributed by atoms with Crippen molar-refractivity contribution in [1.82, 2.24) is 9.78 Å². The smallest absolute Gasteiger partial charge is 0.330 e. The van der Waals surface area contributed by atoms with E-state index in [0.717, 1.165) is 22.4 Å². The van der Waals surface area contributed by atoms with E-state index in [9.17, 15) is 4.79 Å². The Labute approximate surface area is 141 Å². The largest absolute Gasteiger partial charge is 0.464 e. The van der Waals surface area contributed by atoms with Crippen molar-refractivity contribution < 1.29 is 9.53 Å². The van der Waals surface area contributed by atoms with Gasteiger partial charge in [-0.1, -0.05) is 60.7 Å². The van der Waals surface area contributed by atoms with Crippen molar-refractivity contribution >= 4 is 5.97 Å². The van der Waals surface area contributed by atoms with Gasteiger partial charge in [0.15, 0.2) is 0 Å². The average molecular weight is 320 g/mol. The third kappa shape index (κ3) is 3.08. The summed E-state index contributed by atoms with van der Waals surface area (Å²) in [5, 5.41) is 4.49. The fourth-order valence-corrected chi connectivity index (χ4v) is 2.73. The molecule has 0 aliphatic heterocycles. The molecule has 3 aromatic rings. The molecule has 0 bridgehead atoms. The Morgan fingerprint density at radius 1 is 1.04 bits per heavy atom. The van der Waals surface area contributed by atoms with Gasteiger partial charge in [-0.2, -0.15) is 5.10 Å². The molecule has 0 saturated carbocycles. The van der Waals surface area contributed by atoms with Gasteiger partial charge >= 0.3 is 5.97 Å². The fraction of sp³-hybridized carbons (Fsp3) is 0.200. The number of hydrogen-bond acceptors (Lipinski definition) is 3. The number of esters is 1. The zero-order valence-electron chi connectivity index (χ0n) is 13.8. The molecule has 0 aliphatic carbocycles. The summed E-state index contributed by atoms with van der Waals surface area (Å²) in [6.45, 7) is 3.98. The lowest BCUT2D eigenvalue weighted by molar-refractivity contribution is -0.146. The quantitative estimate of drug-likeness (QED) is 0.657. The highest BCUT2D eigenvalue weighted by atomic mass is 16.5. The lowest BCUT2D eigenvalue weighted by Gasteiger charge is -2.16. The van der Waals surface area contributed by atoms with E-state index >= 15 is 0 Å². The van der Waals surface area contributed by atoms with Crippen LogP contribution in [0.15, 0.2) is 66.9 Å². The third-order valence-corrected chi connectivity index (χ3v) is 3.92. The zero-order chi connectivity index (χ0) is 16.9. The average Bonchev–Trinajstić information content (AvgIpc) is 3.07. The van der Waals surface area contributed by atoms with E-state index < -0.39 is 6.04 Å². The summed E-state index contributed by atoms with van der Waals surface area (Å²) in [4.78, 5) is 12.2. The summed E-state index contributed by atoms with van der Waals surface area (Å²) < 4.78 is 6.91. The lowest BCUT2D eigenvalue weighted by atomic mass is 10.0. The van der Waals surface area contributed by atoms with Crippen molar-refractivity contribution in [3.05, 3.63) is 66.9 Å². The summed E-state index contributed by atoms with van der Waals surface area (Å²) >= 11 is 0. The number of ether oxygens (including phenoxy) is 1. The molecule has 4 heteroatoms. The van der Waals surface area contributed by atoms with Crippen LogP contribution in [0.25, 0.3) is 22.4 Å². The maximum absolute atomic E-state index is 12.2. The number of rotatable bonds is 5. The Balaban J connectivity index is 2.14. The molecule has 0 fully saturated rings. The van der Waals surface area contributed by atoms with Crippen LogP contribution in [0.2, 0.25) is 0 Å². The van der Waals surface area contributed by atoms with Crippen LogP contribution in [0.5, 0.6) is 0 Å². The highest BCUT2D eigenvalue weighted by molar-refractivity contribution is 5.83. The van der Waals surface area contributed by atoms with E-state index in [4.69, 9.17) is 4.74 Å². The predicted molar refractivity (Wildman–Crippen MR) is 94.4 cm³/mol. The minimum atomic E-state index is -0.488. The van der Waals surface area contributed by atoms with Gasteiger partial charge in [0.25, 0.3) is 0 Å². The first-order valence-electron chi connectivity index (χ1n) is 8.07. The van der Waals surface area contributed by atoms with Gasteiger partial charge in [-0.3, -0.25) is 4.68 Å². The van der Waals surface area contributed by atoms with Gasteiger partial charge in [0.2, 0.25) is 0 Å². The second kappa shape index (κ2) is 7.13. The summed E-state index contributed by atoms with van der Waals surface area (Å²) in [6, 6.07) is 19.6. The molecule has 1 heterocycles. The fourth-order valence-electron chi connectivity index (χ4n) is 2.73. The van der Waals surface area contributed by atoms with Crippen LogP contribution in [-0.2, 0) is 9.53 Å². The molecule has 3 rings (SSSR count). The van der Waals surface area contributed by atoms with Crippen molar-refractivity contribution in [3.8, 4) is 22.4 Å². The molecule has 24 heavy (non-hydrogen) atoms. The van der Waals surface area contributed by atoms with Crippen molar-refractivity contribution in [2.75, 3.05) is 6.61 Å². The van der Waals surface area contributed by atoms with Gasteiger partial charge in [-0.05, 0) is 19.4 Å². The van der Waals surface area contributed by atoms with Crippen LogP contribution in [0.4, 0.5) is 0 Å². The van der Waals surface area contributed by atoms with Crippen LogP contribution in [0.3, 0.4) is 0 Å². The monoisotopic (exact) mass is 320 g/mol. The standard InChI is InChI=1S/C20H20N2O2/c1-3-24-20(23)15(2)22-19(17-12-8-5-9-13-17)18(14-21-22)16-10-6-4-7-11-16/h4-15H,3H2,1-2H3. The Morgan fingerprint density at radius 2 is 1.62 bits per heavy atom. The van der Waals surface area contributed by atoms with Gasteiger partial charge in [0.1, 0.15) is 6.04 Å². The highest BCUT2D eigenvalue weighted by Gasteiger charge is 2.23. The van der Waals surface area contributed by atoms with Crippen LogP contribution < -0.4 is 0 Å². The number of carbonyl (C=O) groups is 1. The van der Waals surface area contributed by atoms with Gasteiger partial charge in [0.05, 0.1) is 18.5 Å². The first-order valence-corrected chi connectivity index (χ1v) is 8.07. The molecule has 0 N–H and O–H groups in total. The van der Waals surface area contributed by atoms with E-state index in [1.54, 1.807) is 11.6 Å². The van der Waals surface area contributed by atoms with Crippen molar-refractivity contribution in [2.24, 2.45) is 0 Å². The van der Waals surface area contributed by atoms with Crippen molar-refractivity contribution in [3.63, 3.8) is 0 Å². The minimum absolute atomic E-state index is 0.280. The van der Waals surface area contributed by atoms with Crippen molar-refractivity contribution in [2.45, 2.75) is 19.9 Å². The number of benzene rings is 2. The lowest BCUT2D eigenvalue weighted by Crippen LogP contribution is -2.21. The molecule has 1 unspecified atom stereocenters. The number of aromatic nitrogens is 2. The predicted octanol–water partition coefficient (Wildman–Crippen LogP) is 4.34. The van der Waals surface area contributed by atoms with Gasteiger partial charge in [0, 0.05) is 11.1 Å². The van der Waals surface area contributed by atoms with E-state index in [0.29, 0.717) is 6.61 Å². The van der Waals surface area contributed by atoms with E-state index in [-0.39, 0.29) is 5.97 Å². The Morgan fingerprint density at radius 3 is 2.21 bits per heavy atom. The molecule has 4 nitrogen and oxygen atoms in total. The van der Waals surface area contributed by atoms with Crippen molar-refractivity contribution in [1.29, 1.82) is 0 Å². The van der Waals surface area contributed by atoms with Crippen LogP contribution >= 0.6 is 0 Å². The second-order valence-corrected chi connectivity index (χ2v) is 5.51. The number of nitrogens with zero attached hydrogens (tertiary/aromatic N) is 2. The normalized spacial score (nSPS) is 11.9. The van der Waals surface area contributed by atoms with Crippen LogP contribution in [0.1, 0.15) is 19.9 Å². The number of hydrogen-bond donors (Lipinski definition) is 0. The van der Waals surface area contributed by atoms with E-state index in [1.165, 1.54) is 0 Å². The molecular formula is C20H20N2O2. The van der Waals surface area contributed by atoms with E-state index in [1.807, 2.05) is 73.8 Å². The summed E-state index contributed by atoms with van der Waals surface area (Å²) in [5.41, 5.74) is 4.00. The third-order valence-electron chi connectivity index (χ3n) is 3.92. The Hall–Kier alpha value is -2.88. The maximum Gasteiger partial charge on any atom is 0.330 e. The Kier molecular flexibility index (Phi) is 4.75. The molecule has 2 aromatic carbocycles.